The van der Waals surface area contributed by atoms with Gasteiger partial charge in [-0.15, -0.1) is 0 Å². The van der Waals surface area contributed by atoms with Gasteiger partial charge in [-0.3, -0.25) is 0 Å². The van der Waals surface area contributed by atoms with Gasteiger partial charge in [0, 0.05) is 6.04 Å². The van der Waals surface area contributed by atoms with Crippen molar-refractivity contribution in [1.29, 1.82) is 0 Å². The van der Waals surface area contributed by atoms with Crippen LogP contribution in [0.4, 0.5) is 0 Å². The van der Waals surface area contributed by atoms with Crippen LogP contribution >= 0.6 is 0 Å². The fourth-order valence-corrected chi connectivity index (χ4v) is 2.39. The van der Waals surface area contributed by atoms with Crippen LogP contribution in [0.3, 0.4) is 0 Å². The first-order chi connectivity index (χ1) is 6.84. The molecule has 14 heavy (non-hydrogen) atoms. The van der Waals surface area contributed by atoms with Gasteiger partial charge in [-0.1, -0.05) is 25.7 Å². The summed E-state index contributed by atoms with van der Waals surface area (Å²) in [6.45, 7) is 2.08. The quantitative estimate of drug-likeness (QED) is 0.543. The van der Waals surface area contributed by atoms with Gasteiger partial charge in [0.25, 0.3) is 0 Å². The molecule has 0 bridgehead atoms. The molecule has 2 nitrogen and oxygen atoms in total. The summed E-state index contributed by atoms with van der Waals surface area (Å²) < 4.78 is 0. The summed E-state index contributed by atoms with van der Waals surface area (Å²) in [5, 5.41) is 0. The Kier molecular flexibility index (Phi) is 6.20. The van der Waals surface area contributed by atoms with Crippen molar-refractivity contribution in [1.82, 2.24) is 4.90 Å². The lowest BCUT2D eigenvalue weighted by Crippen LogP contribution is -2.32. The molecule has 1 rings (SSSR count). The van der Waals surface area contributed by atoms with E-state index < -0.39 is 0 Å². The van der Waals surface area contributed by atoms with E-state index in [1.165, 1.54) is 57.9 Å². The molecule has 1 fully saturated rings. The van der Waals surface area contributed by atoms with Crippen molar-refractivity contribution in [2.45, 2.75) is 57.4 Å². The second-order valence-electron chi connectivity index (χ2n) is 4.62. The predicted molar refractivity (Wildman–Crippen MR) is 62.4 cm³/mol. The van der Waals surface area contributed by atoms with Gasteiger partial charge in [0.05, 0.1) is 0 Å². The van der Waals surface area contributed by atoms with E-state index in [0.29, 0.717) is 0 Å². The molecule has 0 atom stereocenters. The minimum atomic E-state index is 0.846. The van der Waals surface area contributed by atoms with Crippen LogP contribution in [0.5, 0.6) is 0 Å². The molecule has 0 unspecified atom stereocenters. The van der Waals surface area contributed by atoms with Crippen molar-refractivity contribution >= 4 is 0 Å². The molecular weight excluding hydrogens is 172 g/mol. The third-order valence-electron chi connectivity index (χ3n) is 3.41. The lowest BCUT2D eigenvalue weighted by Gasteiger charge is -2.26. The molecule has 1 aliphatic rings. The molecule has 1 saturated carbocycles. The number of rotatable bonds is 5. The molecule has 0 aromatic rings. The fourth-order valence-electron chi connectivity index (χ4n) is 2.39. The zero-order valence-electron chi connectivity index (χ0n) is 9.67. The van der Waals surface area contributed by atoms with Crippen molar-refractivity contribution in [2.75, 3.05) is 20.1 Å². The Bertz CT molecular complexity index is 128. The minimum absolute atomic E-state index is 0.846. The van der Waals surface area contributed by atoms with Crippen molar-refractivity contribution in [3.8, 4) is 0 Å². The average molecular weight is 198 g/mol. The van der Waals surface area contributed by atoms with Gasteiger partial charge in [-0.25, -0.2) is 0 Å². The van der Waals surface area contributed by atoms with Crippen molar-refractivity contribution in [3.05, 3.63) is 0 Å². The predicted octanol–water partition coefficient (Wildman–Crippen LogP) is 2.38. The van der Waals surface area contributed by atoms with Crippen LogP contribution in [0.1, 0.15) is 51.4 Å². The molecule has 0 aromatic carbocycles. The van der Waals surface area contributed by atoms with E-state index in [2.05, 4.69) is 11.9 Å². The summed E-state index contributed by atoms with van der Waals surface area (Å²) in [6, 6.07) is 0.857. The van der Waals surface area contributed by atoms with E-state index >= 15 is 0 Å². The van der Waals surface area contributed by atoms with Crippen molar-refractivity contribution < 1.29 is 0 Å². The summed E-state index contributed by atoms with van der Waals surface area (Å²) in [6.07, 6.45) is 11.1. The summed E-state index contributed by atoms with van der Waals surface area (Å²) in [7, 11) is 2.28. The molecule has 0 aliphatic heterocycles. The van der Waals surface area contributed by atoms with Gasteiger partial charge in [-0.2, -0.15) is 0 Å². The highest BCUT2D eigenvalue weighted by Gasteiger charge is 2.15. The largest absolute Gasteiger partial charge is 0.330 e. The summed E-state index contributed by atoms with van der Waals surface area (Å²) in [5.74, 6) is 0. The molecular formula is C12H26N2. The lowest BCUT2D eigenvalue weighted by molar-refractivity contribution is 0.217. The normalized spacial score (nSPS) is 19.9. The monoisotopic (exact) mass is 198 g/mol. The van der Waals surface area contributed by atoms with Crippen LogP contribution in [0, 0.1) is 0 Å². The second kappa shape index (κ2) is 7.24. The standard InChI is InChI=1S/C12H26N2/c1-14(11-7-6-10-13)12-8-4-2-3-5-9-12/h12H,2-11,13H2,1H3. The molecule has 1 aliphatic carbocycles. The molecule has 0 amide bonds. The van der Waals surface area contributed by atoms with Crippen LogP contribution in [0.15, 0.2) is 0 Å². The fraction of sp³-hybridized carbons (Fsp3) is 1.00. The Morgan fingerprint density at radius 2 is 1.71 bits per heavy atom. The smallest absolute Gasteiger partial charge is 0.00922 e. The van der Waals surface area contributed by atoms with Crippen LogP contribution in [0.2, 0.25) is 0 Å². The Hall–Kier alpha value is -0.0800. The van der Waals surface area contributed by atoms with Gasteiger partial charge in [0.2, 0.25) is 0 Å². The van der Waals surface area contributed by atoms with E-state index in [9.17, 15) is 0 Å². The maximum absolute atomic E-state index is 5.50. The lowest BCUT2D eigenvalue weighted by atomic mass is 10.1. The summed E-state index contributed by atoms with van der Waals surface area (Å²) in [5.41, 5.74) is 5.50. The minimum Gasteiger partial charge on any atom is -0.330 e. The van der Waals surface area contributed by atoms with Gasteiger partial charge in [0.1, 0.15) is 0 Å². The van der Waals surface area contributed by atoms with E-state index in [1.807, 2.05) is 0 Å². The third-order valence-corrected chi connectivity index (χ3v) is 3.41. The molecule has 2 heteroatoms. The Balaban J connectivity index is 2.16. The highest BCUT2D eigenvalue weighted by atomic mass is 15.1. The van der Waals surface area contributed by atoms with E-state index in [-0.39, 0.29) is 0 Å². The van der Waals surface area contributed by atoms with Gasteiger partial charge < -0.3 is 10.6 Å². The SMILES string of the molecule is CN(CCCCN)C1CCCCCC1. The summed E-state index contributed by atoms with van der Waals surface area (Å²) in [4.78, 5) is 2.56. The zero-order chi connectivity index (χ0) is 10.2. The maximum Gasteiger partial charge on any atom is 0.00922 e. The van der Waals surface area contributed by atoms with Gasteiger partial charge in [0.15, 0.2) is 0 Å². The molecule has 0 aromatic heterocycles. The topological polar surface area (TPSA) is 29.3 Å². The maximum atomic E-state index is 5.50. The molecule has 0 radical (unpaired) electrons. The average Bonchev–Trinajstić information content (AvgIpc) is 2.46. The second-order valence-corrected chi connectivity index (χ2v) is 4.62. The van der Waals surface area contributed by atoms with Crippen LogP contribution < -0.4 is 5.73 Å². The number of nitrogens with two attached hydrogens (primary N) is 1. The van der Waals surface area contributed by atoms with Crippen LogP contribution in [-0.4, -0.2) is 31.1 Å². The van der Waals surface area contributed by atoms with E-state index in [1.54, 1.807) is 0 Å². The first-order valence-corrected chi connectivity index (χ1v) is 6.25. The number of nitrogens with zero attached hydrogens (tertiary/aromatic N) is 1. The molecule has 84 valence electrons. The van der Waals surface area contributed by atoms with Gasteiger partial charge in [-0.05, 0) is 45.8 Å². The molecule has 0 spiro atoms. The highest BCUT2D eigenvalue weighted by Crippen LogP contribution is 2.21. The Morgan fingerprint density at radius 3 is 2.29 bits per heavy atom. The van der Waals surface area contributed by atoms with Crippen molar-refractivity contribution in [2.24, 2.45) is 5.73 Å². The first-order valence-electron chi connectivity index (χ1n) is 6.25. The van der Waals surface area contributed by atoms with Crippen LogP contribution in [0.25, 0.3) is 0 Å². The van der Waals surface area contributed by atoms with Gasteiger partial charge >= 0.3 is 0 Å². The molecule has 0 heterocycles. The molecule has 0 saturated heterocycles. The number of unbranched alkanes of at least 4 members (excludes halogenated alkanes) is 1. The number of hydrogen-bond acceptors (Lipinski definition) is 2. The van der Waals surface area contributed by atoms with Crippen LogP contribution in [-0.2, 0) is 0 Å². The van der Waals surface area contributed by atoms with E-state index in [4.69, 9.17) is 5.73 Å². The Morgan fingerprint density at radius 1 is 1.07 bits per heavy atom. The first kappa shape index (κ1) is 12.0. The highest BCUT2D eigenvalue weighted by molar-refractivity contribution is 4.72. The zero-order valence-corrected chi connectivity index (χ0v) is 9.67. The van der Waals surface area contributed by atoms with E-state index in [0.717, 1.165) is 12.6 Å². The molecule has 2 N–H and O–H groups in total. The number of hydrogen-bond donors (Lipinski definition) is 1. The Labute approximate surface area is 88.8 Å². The summed E-state index contributed by atoms with van der Waals surface area (Å²) >= 11 is 0. The van der Waals surface area contributed by atoms with Crippen molar-refractivity contribution in [3.63, 3.8) is 0 Å². The third kappa shape index (κ3) is 4.43.